The van der Waals surface area contributed by atoms with Crippen LogP contribution in [0, 0.1) is 16.7 Å². The molecule has 0 aromatic rings. The molecule has 64 valence electrons. The van der Waals surface area contributed by atoms with Crippen LogP contribution in [0.2, 0.25) is 0 Å². The number of carbonyl (C=O) groups is 1. The minimum absolute atomic E-state index is 0.175. The van der Waals surface area contributed by atoms with E-state index >= 15 is 0 Å². The lowest BCUT2D eigenvalue weighted by Crippen LogP contribution is -2.30. The van der Waals surface area contributed by atoms with Crippen LogP contribution in [-0.2, 0) is 4.79 Å². The first-order chi connectivity index (χ1) is 6.17. The fourth-order valence-electron chi connectivity index (χ4n) is 1.45. The Morgan fingerprint density at radius 2 is 2.31 bits per heavy atom. The van der Waals surface area contributed by atoms with Crippen molar-refractivity contribution in [1.29, 1.82) is 5.26 Å². The SMILES string of the molecule is CC1(C#N)C=C2C=CC=CN2C1=O. The molecule has 0 saturated carbocycles. The van der Waals surface area contributed by atoms with Gasteiger partial charge in [-0.3, -0.25) is 9.69 Å². The van der Waals surface area contributed by atoms with E-state index in [4.69, 9.17) is 5.26 Å². The number of rotatable bonds is 0. The highest BCUT2D eigenvalue weighted by Crippen LogP contribution is 2.34. The second kappa shape index (κ2) is 2.33. The molecule has 1 amide bonds. The molecule has 0 aromatic carbocycles. The van der Waals surface area contributed by atoms with E-state index in [1.165, 1.54) is 4.90 Å². The molecular formula is C10H8N2O. The molecule has 0 bridgehead atoms. The highest BCUT2D eigenvalue weighted by atomic mass is 16.2. The van der Waals surface area contributed by atoms with Gasteiger partial charge in [-0.2, -0.15) is 5.26 Å². The van der Waals surface area contributed by atoms with Crippen molar-refractivity contribution in [2.75, 3.05) is 0 Å². The van der Waals surface area contributed by atoms with Crippen LogP contribution in [0.4, 0.5) is 0 Å². The third kappa shape index (κ3) is 0.922. The van der Waals surface area contributed by atoms with Crippen molar-refractivity contribution < 1.29 is 4.79 Å². The highest BCUT2D eigenvalue weighted by molar-refractivity contribution is 5.93. The number of amides is 1. The van der Waals surface area contributed by atoms with Crippen LogP contribution in [0.1, 0.15) is 6.92 Å². The van der Waals surface area contributed by atoms with Gasteiger partial charge in [0.15, 0.2) is 5.41 Å². The molecule has 2 heterocycles. The van der Waals surface area contributed by atoms with Crippen molar-refractivity contribution in [3.8, 4) is 6.07 Å². The predicted molar refractivity (Wildman–Crippen MR) is 46.9 cm³/mol. The maximum atomic E-state index is 11.7. The summed E-state index contributed by atoms with van der Waals surface area (Å²) in [7, 11) is 0. The van der Waals surface area contributed by atoms with Gasteiger partial charge in [0.2, 0.25) is 0 Å². The molecule has 2 rings (SSSR count). The van der Waals surface area contributed by atoms with Crippen LogP contribution < -0.4 is 0 Å². The molecule has 3 heteroatoms. The number of allylic oxidation sites excluding steroid dienone is 3. The Kier molecular flexibility index (Phi) is 1.40. The van der Waals surface area contributed by atoms with Crippen molar-refractivity contribution in [3.05, 3.63) is 36.2 Å². The maximum Gasteiger partial charge on any atom is 0.255 e. The molecule has 2 aliphatic rings. The molecule has 13 heavy (non-hydrogen) atoms. The van der Waals surface area contributed by atoms with E-state index in [0.717, 1.165) is 5.70 Å². The number of carbonyl (C=O) groups excluding carboxylic acids is 1. The molecule has 0 aliphatic carbocycles. The van der Waals surface area contributed by atoms with Crippen LogP contribution in [0.15, 0.2) is 36.2 Å². The molecular weight excluding hydrogens is 164 g/mol. The second-order valence-electron chi connectivity index (χ2n) is 3.26. The van der Waals surface area contributed by atoms with Gasteiger partial charge < -0.3 is 0 Å². The molecule has 0 spiro atoms. The van der Waals surface area contributed by atoms with E-state index in [2.05, 4.69) is 0 Å². The Balaban J connectivity index is 2.50. The van der Waals surface area contributed by atoms with Crippen molar-refractivity contribution in [2.24, 2.45) is 5.41 Å². The van der Waals surface area contributed by atoms with E-state index in [-0.39, 0.29) is 5.91 Å². The van der Waals surface area contributed by atoms with Crippen molar-refractivity contribution in [1.82, 2.24) is 4.90 Å². The van der Waals surface area contributed by atoms with E-state index in [9.17, 15) is 4.79 Å². The largest absolute Gasteiger partial charge is 0.286 e. The summed E-state index contributed by atoms with van der Waals surface area (Å²) >= 11 is 0. The quantitative estimate of drug-likeness (QED) is 0.553. The van der Waals surface area contributed by atoms with Gasteiger partial charge in [-0.25, -0.2) is 0 Å². The molecule has 1 atom stereocenters. The Hall–Kier alpha value is -1.82. The van der Waals surface area contributed by atoms with Gasteiger partial charge in [-0.05, 0) is 25.2 Å². The molecule has 2 aliphatic heterocycles. The number of nitrogens with zero attached hydrogens (tertiary/aromatic N) is 2. The molecule has 3 nitrogen and oxygen atoms in total. The van der Waals surface area contributed by atoms with Crippen LogP contribution in [0.25, 0.3) is 0 Å². The summed E-state index contributed by atoms with van der Waals surface area (Å²) in [5.41, 5.74) is -0.203. The van der Waals surface area contributed by atoms with Crippen LogP contribution in [-0.4, -0.2) is 10.8 Å². The fourth-order valence-corrected chi connectivity index (χ4v) is 1.45. The number of hydrogen-bond donors (Lipinski definition) is 0. The van der Waals surface area contributed by atoms with Crippen molar-refractivity contribution in [2.45, 2.75) is 6.92 Å². The summed E-state index contributed by atoms with van der Waals surface area (Å²) in [6.07, 6.45) is 8.81. The summed E-state index contributed by atoms with van der Waals surface area (Å²) < 4.78 is 0. The lowest BCUT2D eigenvalue weighted by atomic mass is 9.93. The third-order valence-corrected chi connectivity index (χ3v) is 2.22. The van der Waals surface area contributed by atoms with Gasteiger partial charge >= 0.3 is 0 Å². The zero-order valence-electron chi connectivity index (χ0n) is 7.19. The number of nitriles is 1. The fraction of sp³-hybridized carbons (Fsp3) is 0.200. The molecule has 0 fully saturated rings. The Morgan fingerprint density at radius 1 is 1.54 bits per heavy atom. The Bertz CT molecular complexity index is 398. The average Bonchev–Trinajstić information content (AvgIpc) is 2.41. The summed E-state index contributed by atoms with van der Waals surface area (Å²) in [6.45, 7) is 1.63. The van der Waals surface area contributed by atoms with Gasteiger partial charge in [0.05, 0.1) is 6.07 Å². The summed E-state index contributed by atoms with van der Waals surface area (Å²) in [5.74, 6) is -0.175. The van der Waals surface area contributed by atoms with Gasteiger partial charge in [0, 0.05) is 11.9 Å². The lowest BCUT2D eigenvalue weighted by Gasteiger charge is -2.17. The molecule has 1 unspecified atom stereocenters. The van der Waals surface area contributed by atoms with Crippen LogP contribution in [0.5, 0.6) is 0 Å². The monoisotopic (exact) mass is 172 g/mol. The maximum absolute atomic E-state index is 11.7. The van der Waals surface area contributed by atoms with E-state index < -0.39 is 5.41 Å². The van der Waals surface area contributed by atoms with Crippen molar-refractivity contribution >= 4 is 5.91 Å². The number of hydrogen-bond acceptors (Lipinski definition) is 2. The van der Waals surface area contributed by atoms with Crippen LogP contribution in [0.3, 0.4) is 0 Å². The van der Waals surface area contributed by atoms with Gasteiger partial charge in [0.25, 0.3) is 5.91 Å². The molecule has 0 aromatic heterocycles. The number of fused-ring (bicyclic) bond motifs is 1. The summed E-state index contributed by atoms with van der Waals surface area (Å²) in [6, 6.07) is 2.01. The summed E-state index contributed by atoms with van der Waals surface area (Å²) in [4.78, 5) is 13.2. The average molecular weight is 172 g/mol. The predicted octanol–water partition coefficient (Wildman–Crippen LogP) is 1.33. The first-order valence-corrected chi connectivity index (χ1v) is 4.00. The Morgan fingerprint density at radius 3 is 2.92 bits per heavy atom. The standard InChI is InChI=1S/C10H8N2O/c1-10(7-11)6-8-4-2-3-5-12(8)9(10)13/h2-6H,1H3. The van der Waals surface area contributed by atoms with E-state index in [1.807, 2.05) is 18.2 Å². The first kappa shape index (κ1) is 7.81. The zero-order chi connectivity index (χ0) is 9.47. The van der Waals surface area contributed by atoms with Gasteiger partial charge in [-0.15, -0.1) is 0 Å². The van der Waals surface area contributed by atoms with Gasteiger partial charge in [-0.1, -0.05) is 6.08 Å². The van der Waals surface area contributed by atoms with Crippen molar-refractivity contribution in [3.63, 3.8) is 0 Å². The zero-order valence-corrected chi connectivity index (χ0v) is 7.19. The minimum Gasteiger partial charge on any atom is -0.286 e. The smallest absolute Gasteiger partial charge is 0.255 e. The second-order valence-corrected chi connectivity index (χ2v) is 3.26. The normalized spacial score (nSPS) is 30.0. The van der Waals surface area contributed by atoms with Gasteiger partial charge in [0.1, 0.15) is 0 Å². The van der Waals surface area contributed by atoms with Crippen LogP contribution >= 0.6 is 0 Å². The molecule has 0 N–H and O–H groups in total. The topological polar surface area (TPSA) is 44.1 Å². The highest BCUT2D eigenvalue weighted by Gasteiger charge is 2.41. The first-order valence-electron chi connectivity index (χ1n) is 4.00. The van der Waals surface area contributed by atoms with E-state index in [1.54, 1.807) is 25.3 Å². The third-order valence-electron chi connectivity index (χ3n) is 2.22. The Labute approximate surface area is 76.3 Å². The molecule has 0 saturated heterocycles. The van der Waals surface area contributed by atoms with E-state index in [0.29, 0.717) is 0 Å². The summed E-state index contributed by atoms with van der Waals surface area (Å²) in [5, 5.41) is 8.85. The minimum atomic E-state index is -0.992. The lowest BCUT2D eigenvalue weighted by molar-refractivity contribution is -0.130. The molecule has 0 radical (unpaired) electrons.